The Morgan fingerprint density at radius 1 is 1.56 bits per heavy atom. The third-order valence-corrected chi connectivity index (χ3v) is 2.60. The monoisotopic (exact) mass is 219 g/mol. The van der Waals surface area contributed by atoms with E-state index in [0.717, 1.165) is 23.5 Å². The summed E-state index contributed by atoms with van der Waals surface area (Å²) in [6.45, 7) is 8.90. The number of likely N-dealkylation sites (N-methyl/N-ethyl adjacent to an activating group) is 1. The van der Waals surface area contributed by atoms with Crippen LogP contribution in [0.5, 0.6) is 0 Å². The van der Waals surface area contributed by atoms with Gasteiger partial charge in [0.2, 0.25) is 0 Å². The van der Waals surface area contributed by atoms with Crippen molar-refractivity contribution in [3.63, 3.8) is 0 Å². The first-order valence-electron chi connectivity index (χ1n) is 5.53. The number of nitrogens with zero attached hydrogens (tertiary/aromatic N) is 2. The van der Waals surface area contributed by atoms with Crippen molar-refractivity contribution in [3.8, 4) is 0 Å². The Bertz CT molecular complexity index is 343. The molecule has 1 atom stereocenters. The van der Waals surface area contributed by atoms with Crippen LogP contribution in [0.4, 0.5) is 5.69 Å². The van der Waals surface area contributed by atoms with E-state index in [1.54, 1.807) is 0 Å². The van der Waals surface area contributed by atoms with E-state index in [2.05, 4.69) is 40.8 Å². The van der Waals surface area contributed by atoms with Gasteiger partial charge in [-0.3, -0.25) is 4.98 Å². The zero-order valence-corrected chi connectivity index (χ0v) is 10.6. The highest BCUT2D eigenvalue weighted by atomic mass is 15.1. The van der Waals surface area contributed by atoms with Gasteiger partial charge in [-0.25, -0.2) is 0 Å². The van der Waals surface area contributed by atoms with Crippen LogP contribution in [0.15, 0.2) is 30.5 Å². The van der Waals surface area contributed by atoms with Crippen LogP contribution in [-0.4, -0.2) is 25.6 Å². The minimum atomic E-state index is 0.292. The van der Waals surface area contributed by atoms with Gasteiger partial charge in [0.05, 0.1) is 17.6 Å². The van der Waals surface area contributed by atoms with E-state index in [9.17, 15) is 0 Å². The van der Waals surface area contributed by atoms with Crippen molar-refractivity contribution < 1.29 is 0 Å². The fourth-order valence-corrected chi connectivity index (χ4v) is 1.52. The first-order valence-corrected chi connectivity index (χ1v) is 5.53. The molecular weight excluding hydrogens is 198 g/mol. The predicted molar refractivity (Wildman–Crippen MR) is 69.8 cm³/mol. The summed E-state index contributed by atoms with van der Waals surface area (Å²) in [4.78, 5) is 6.59. The molecule has 1 aromatic heterocycles. The molecule has 1 rings (SSSR count). The van der Waals surface area contributed by atoms with Crippen molar-refractivity contribution >= 4 is 5.69 Å². The molecule has 1 heterocycles. The van der Waals surface area contributed by atoms with Crippen LogP contribution in [0.2, 0.25) is 0 Å². The lowest BCUT2D eigenvalue weighted by molar-refractivity contribution is 0.633. The molecule has 0 saturated carbocycles. The molecule has 0 saturated heterocycles. The van der Waals surface area contributed by atoms with Gasteiger partial charge in [0.1, 0.15) is 0 Å². The lowest BCUT2D eigenvalue weighted by Gasteiger charge is -2.19. The highest BCUT2D eigenvalue weighted by molar-refractivity contribution is 5.45. The highest BCUT2D eigenvalue weighted by Gasteiger charge is 2.05. The maximum Gasteiger partial charge on any atom is 0.0571 e. The molecule has 0 amide bonds. The van der Waals surface area contributed by atoms with Crippen molar-refractivity contribution in [2.75, 3.05) is 25.5 Å². The fraction of sp³-hybridized carbons (Fsp3) is 0.462. The maximum absolute atomic E-state index is 4.44. The van der Waals surface area contributed by atoms with Crippen molar-refractivity contribution in [2.24, 2.45) is 0 Å². The van der Waals surface area contributed by atoms with Crippen molar-refractivity contribution in [3.05, 3.63) is 36.2 Å². The van der Waals surface area contributed by atoms with Gasteiger partial charge in [-0.1, -0.05) is 12.2 Å². The average molecular weight is 219 g/mol. The smallest absolute Gasteiger partial charge is 0.0571 e. The van der Waals surface area contributed by atoms with Crippen LogP contribution in [0, 0.1) is 0 Å². The summed E-state index contributed by atoms with van der Waals surface area (Å²) in [5, 5.41) is 3.17. The van der Waals surface area contributed by atoms with Crippen LogP contribution in [-0.2, 0) is 0 Å². The summed E-state index contributed by atoms with van der Waals surface area (Å²) in [7, 11) is 3.99. The second-order valence-corrected chi connectivity index (χ2v) is 4.26. The minimum absolute atomic E-state index is 0.292. The third kappa shape index (κ3) is 3.35. The summed E-state index contributed by atoms with van der Waals surface area (Å²) in [6.07, 6.45) is 1.91. The molecule has 0 spiro atoms. The van der Waals surface area contributed by atoms with Crippen molar-refractivity contribution in [2.45, 2.75) is 19.9 Å². The normalized spacial score (nSPS) is 12.2. The van der Waals surface area contributed by atoms with Gasteiger partial charge in [-0.05, 0) is 33.0 Å². The molecule has 1 N–H and O–H groups in total. The largest absolute Gasteiger partial charge is 0.369 e. The summed E-state index contributed by atoms with van der Waals surface area (Å²) >= 11 is 0. The van der Waals surface area contributed by atoms with E-state index >= 15 is 0 Å². The SMILES string of the molecule is C=C(C)CN(C)c1ccc(C(C)NC)nc1. The van der Waals surface area contributed by atoms with E-state index in [-0.39, 0.29) is 0 Å². The molecule has 0 fully saturated rings. The summed E-state index contributed by atoms with van der Waals surface area (Å²) in [5.41, 5.74) is 3.33. The van der Waals surface area contributed by atoms with Gasteiger partial charge >= 0.3 is 0 Å². The number of nitrogens with one attached hydrogen (secondary N) is 1. The minimum Gasteiger partial charge on any atom is -0.369 e. The first kappa shape index (κ1) is 12.7. The zero-order valence-electron chi connectivity index (χ0n) is 10.6. The van der Waals surface area contributed by atoms with Gasteiger partial charge in [-0.15, -0.1) is 0 Å². The Hall–Kier alpha value is -1.35. The Balaban J connectivity index is 2.74. The number of anilines is 1. The molecule has 1 unspecified atom stereocenters. The quantitative estimate of drug-likeness (QED) is 0.771. The van der Waals surface area contributed by atoms with E-state index in [1.807, 2.05) is 27.2 Å². The number of rotatable bonds is 5. The Morgan fingerprint density at radius 3 is 2.69 bits per heavy atom. The van der Waals surface area contributed by atoms with Crippen LogP contribution >= 0.6 is 0 Å². The zero-order chi connectivity index (χ0) is 12.1. The van der Waals surface area contributed by atoms with Crippen LogP contribution in [0.3, 0.4) is 0 Å². The van der Waals surface area contributed by atoms with Gasteiger partial charge in [0, 0.05) is 19.6 Å². The molecular formula is C13H21N3. The number of hydrogen-bond acceptors (Lipinski definition) is 3. The molecule has 3 heteroatoms. The average Bonchev–Trinajstić information content (AvgIpc) is 2.27. The molecule has 0 bridgehead atoms. The molecule has 0 aliphatic heterocycles. The second-order valence-electron chi connectivity index (χ2n) is 4.26. The predicted octanol–water partition coefficient (Wildman–Crippen LogP) is 2.37. The van der Waals surface area contributed by atoms with E-state index < -0.39 is 0 Å². The summed E-state index contributed by atoms with van der Waals surface area (Å²) in [6, 6.07) is 4.45. The standard InChI is InChI=1S/C13H21N3/c1-10(2)9-16(5)12-6-7-13(15-8-12)11(3)14-4/h6-8,11,14H,1,9H2,2-5H3. The number of pyridine rings is 1. The molecule has 88 valence electrons. The number of hydrogen-bond donors (Lipinski definition) is 1. The van der Waals surface area contributed by atoms with Gasteiger partial charge < -0.3 is 10.2 Å². The molecule has 3 nitrogen and oxygen atoms in total. The van der Waals surface area contributed by atoms with Crippen molar-refractivity contribution in [1.29, 1.82) is 0 Å². The maximum atomic E-state index is 4.44. The van der Waals surface area contributed by atoms with Crippen molar-refractivity contribution in [1.82, 2.24) is 10.3 Å². The van der Waals surface area contributed by atoms with Gasteiger partial charge in [0.25, 0.3) is 0 Å². The molecule has 1 aromatic rings. The third-order valence-electron chi connectivity index (χ3n) is 2.60. The lowest BCUT2D eigenvalue weighted by Crippen LogP contribution is -2.20. The Kier molecular flexibility index (Phi) is 4.50. The molecule has 0 aliphatic rings. The molecule has 16 heavy (non-hydrogen) atoms. The van der Waals surface area contributed by atoms with E-state index in [1.165, 1.54) is 0 Å². The molecule has 0 radical (unpaired) electrons. The van der Waals surface area contributed by atoms with E-state index in [4.69, 9.17) is 0 Å². The molecule has 0 aromatic carbocycles. The van der Waals surface area contributed by atoms with Crippen LogP contribution < -0.4 is 10.2 Å². The number of aromatic nitrogens is 1. The first-order chi connectivity index (χ1) is 7.54. The second kappa shape index (κ2) is 5.66. The Morgan fingerprint density at radius 2 is 2.25 bits per heavy atom. The summed E-state index contributed by atoms with van der Waals surface area (Å²) < 4.78 is 0. The van der Waals surface area contributed by atoms with Crippen LogP contribution in [0.25, 0.3) is 0 Å². The molecule has 0 aliphatic carbocycles. The Labute approximate surface area is 98.2 Å². The topological polar surface area (TPSA) is 28.2 Å². The van der Waals surface area contributed by atoms with Gasteiger partial charge in [-0.2, -0.15) is 0 Å². The highest BCUT2D eigenvalue weighted by Crippen LogP contribution is 2.15. The van der Waals surface area contributed by atoms with E-state index in [0.29, 0.717) is 6.04 Å². The van der Waals surface area contributed by atoms with Gasteiger partial charge in [0.15, 0.2) is 0 Å². The lowest BCUT2D eigenvalue weighted by atomic mass is 10.2. The summed E-state index contributed by atoms with van der Waals surface area (Å²) in [5.74, 6) is 0. The van der Waals surface area contributed by atoms with Crippen LogP contribution in [0.1, 0.15) is 25.6 Å². The fourth-order valence-electron chi connectivity index (χ4n) is 1.52.